The number of carbonyl (C=O) groups is 2. The molecule has 0 aromatic rings. The molecule has 1 N–H and O–H groups in total. The average molecular weight is 244 g/mol. The number of carbonyl (C=O) groups excluding carboxylic acids is 2. The molecular weight excluding hydrogens is 220 g/mol. The van der Waals surface area contributed by atoms with Crippen LogP contribution < -0.4 is 0 Å². The van der Waals surface area contributed by atoms with Gasteiger partial charge in [0.25, 0.3) is 0 Å². The molecule has 4 nitrogen and oxygen atoms in total. The Morgan fingerprint density at radius 2 is 1.65 bits per heavy atom. The fraction of sp³-hybridized carbons (Fsp3) is 0.846. The van der Waals surface area contributed by atoms with Crippen LogP contribution in [-0.4, -0.2) is 29.1 Å². The van der Waals surface area contributed by atoms with Gasteiger partial charge in [-0.2, -0.15) is 0 Å². The van der Waals surface area contributed by atoms with Crippen molar-refractivity contribution in [2.75, 3.05) is 0 Å². The maximum absolute atomic E-state index is 11.6. The number of aliphatic hydroxyl groups excluding tert-OH is 1. The molecule has 1 atom stereocenters. The van der Waals surface area contributed by atoms with Crippen LogP contribution in [0.25, 0.3) is 0 Å². The highest BCUT2D eigenvalue weighted by Gasteiger charge is 2.28. The van der Waals surface area contributed by atoms with Crippen LogP contribution >= 0.6 is 0 Å². The topological polar surface area (TPSA) is 63.6 Å². The summed E-state index contributed by atoms with van der Waals surface area (Å²) in [7, 11) is 0. The van der Waals surface area contributed by atoms with Crippen molar-refractivity contribution >= 4 is 11.8 Å². The van der Waals surface area contributed by atoms with Crippen molar-refractivity contribution in [2.45, 2.75) is 66.1 Å². The van der Waals surface area contributed by atoms with E-state index in [4.69, 9.17) is 4.74 Å². The van der Waals surface area contributed by atoms with Gasteiger partial charge in [0.05, 0.1) is 0 Å². The molecule has 0 rings (SSSR count). The van der Waals surface area contributed by atoms with Crippen molar-refractivity contribution < 1.29 is 19.4 Å². The highest BCUT2D eigenvalue weighted by Crippen LogP contribution is 2.18. The van der Waals surface area contributed by atoms with E-state index in [9.17, 15) is 14.7 Å². The zero-order valence-corrected chi connectivity index (χ0v) is 11.4. The minimum Gasteiger partial charge on any atom is -0.460 e. The zero-order valence-electron chi connectivity index (χ0n) is 11.4. The molecular formula is C13H24O4. The number of ketones is 1. The first-order chi connectivity index (χ1) is 7.72. The van der Waals surface area contributed by atoms with Gasteiger partial charge in [0, 0.05) is 11.8 Å². The van der Waals surface area contributed by atoms with Crippen molar-refractivity contribution in [2.24, 2.45) is 5.41 Å². The molecule has 17 heavy (non-hydrogen) atoms. The van der Waals surface area contributed by atoms with Gasteiger partial charge in [-0.25, -0.2) is 4.79 Å². The third-order valence-corrected chi connectivity index (χ3v) is 2.68. The van der Waals surface area contributed by atoms with Crippen LogP contribution in [-0.2, 0) is 14.3 Å². The summed E-state index contributed by atoms with van der Waals surface area (Å²) in [6.07, 6.45) is -0.281. The van der Waals surface area contributed by atoms with Gasteiger partial charge in [0.1, 0.15) is 11.9 Å². The standard InChI is InChI=1S/C13H24O4/c1-6-9(7-2)17-12(16)10(14)8-11(15)13(3,4)5/h9-10,14H,6-8H2,1-5H3/t10-/m0/s1. The normalized spacial score (nSPS) is 13.6. The second kappa shape index (κ2) is 6.74. The first-order valence-corrected chi connectivity index (χ1v) is 6.14. The molecule has 0 saturated carbocycles. The molecule has 0 aliphatic carbocycles. The number of ether oxygens (including phenoxy) is 1. The lowest BCUT2D eigenvalue weighted by molar-refractivity contribution is -0.161. The number of hydrogen-bond donors (Lipinski definition) is 1. The van der Waals surface area contributed by atoms with Crippen molar-refractivity contribution in [1.82, 2.24) is 0 Å². The van der Waals surface area contributed by atoms with Gasteiger partial charge in [0.15, 0.2) is 6.10 Å². The van der Waals surface area contributed by atoms with Crippen molar-refractivity contribution in [3.63, 3.8) is 0 Å². The molecule has 0 heterocycles. The van der Waals surface area contributed by atoms with Gasteiger partial charge >= 0.3 is 5.97 Å². The molecule has 0 spiro atoms. The van der Waals surface area contributed by atoms with E-state index in [-0.39, 0.29) is 18.3 Å². The first-order valence-electron chi connectivity index (χ1n) is 6.14. The summed E-state index contributed by atoms with van der Waals surface area (Å²) in [5, 5.41) is 9.60. The van der Waals surface area contributed by atoms with Crippen LogP contribution in [0.15, 0.2) is 0 Å². The lowest BCUT2D eigenvalue weighted by Gasteiger charge is -2.20. The van der Waals surface area contributed by atoms with E-state index in [2.05, 4.69) is 0 Å². The van der Waals surface area contributed by atoms with Crippen LogP contribution in [0.5, 0.6) is 0 Å². The largest absolute Gasteiger partial charge is 0.460 e. The summed E-state index contributed by atoms with van der Waals surface area (Å²) >= 11 is 0. The van der Waals surface area contributed by atoms with E-state index in [1.165, 1.54) is 0 Å². The Kier molecular flexibility index (Phi) is 6.39. The molecule has 0 fully saturated rings. The minimum absolute atomic E-state index is 0.147. The molecule has 0 bridgehead atoms. The quantitative estimate of drug-likeness (QED) is 0.727. The predicted molar refractivity (Wildman–Crippen MR) is 65.5 cm³/mol. The fourth-order valence-electron chi connectivity index (χ4n) is 1.26. The Labute approximate surface area is 103 Å². The third kappa shape index (κ3) is 5.82. The SMILES string of the molecule is CCC(CC)OC(=O)[C@@H](O)CC(=O)C(C)(C)C. The Balaban J connectivity index is 4.28. The second-order valence-corrected chi connectivity index (χ2v) is 5.27. The van der Waals surface area contributed by atoms with Crippen molar-refractivity contribution in [1.29, 1.82) is 0 Å². The summed E-state index contributed by atoms with van der Waals surface area (Å²) < 4.78 is 5.08. The highest BCUT2D eigenvalue weighted by atomic mass is 16.6. The molecule has 0 saturated heterocycles. The zero-order chi connectivity index (χ0) is 13.6. The molecule has 0 aromatic carbocycles. The van der Waals surface area contributed by atoms with E-state index in [1.54, 1.807) is 20.8 Å². The molecule has 0 unspecified atom stereocenters. The molecule has 0 radical (unpaired) electrons. The van der Waals surface area contributed by atoms with Crippen LogP contribution in [0.1, 0.15) is 53.9 Å². The lowest BCUT2D eigenvalue weighted by atomic mass is 9.87. The third-order valence-electron chi connectivity index (χ3n) is 2.68. The Bertz CT molecular complexity index is 261. The van der Waals surface area contributed by atoms with Crippen LogP contribution in [0.4, 0.5) is 0 Å². The number of rotatable bonds is 6. The van der Waals surface area contributed by atoms with Gasteiger partial charge in [-0.05, 0) is 12.8 Å². The summed E-state index contributed by atoms with van der Waals surface area (Å²) in [5.74, 6) is -0.845. The average Bonchev–Trinajstić information content (AvgIpc) is 2.23. The number of hydrogen-bond acceptors (Lipinski definition) is 4. The summed E-state index contributed by atoms with van der Waals surface area (Å²) in [6, 6.07) is 0. The van der Waals surface area contributed by atoms with Crippen LogP contribution in [0.3, 0.4) is 0 Å². The molecule has 0 aromatic heterocycles. The maximum atomic E-state index is 11.6. The van der Waals surface area contributed by atoms with E-state index >= 15 is 0 Å². The molecule has 4 heteroatoms. The Morgan fingerprint density at radius 3 is 2.00 bits per heavy atom. The predicted octanol–water partition coefficient (Wildman–Crippen LogP) is 2.08. The molecule has 0 aliphatic rings. The van der Waals surface area contributed by atoms with Gasteiger partial charge in [-0.15, -0.1) is 0 Å². The van der Waals surface area contributed by atoms with Crippen molar-refractivity contribution in [3.05, 3.63) is 0 Å². The van der Waals surface area contributed by atoms with Gasteiger partial charge in [0.2, 0.25) is 0 Å². The smallest absolute Gasteiger partial charge is 0.335 e. The van der Waals surface area contributed by atoms with Crippen molar-refractivity contribution in [3.8, 4) is 0 Å². The summed E-state index contributed by atoms with van der Waals surface area (Å²) in [6.45, 7) is 9.10. The Morgan fingerprint density at radius 1 is 1.18 bits per heavy atom. The van der Waals surface area contributed by atoms with Gasteiger partial charge in [-0.1, -0.05) is 34.6 Å². The van der Waals surface area contributed by atoms with E-state index < -0.39 is 17.5 Å². The van der Waals surface area contributed by atoms with Gasteiger partial charge < -0.3 is 9.84 Å². The molecule has 100 valence electrons. The van der Waals surface area contributed by atoms with E-state index in [0.29, 0.717) is 12.8 Å². The van der Waals surface area contributed by atoms with Crippen LogP contribution in [0, 0.1) is 5.41 Å². The van der Waals surface area contributed by atoms with Gasteiger partial charge in [-0.3, -0.25) is 4.79 Å². The number of Topliss-reactive ketones (excluding diaryl/α,β-unsaturated/α-hetero) is 1. The van der Waals surface area contributed by atoms with E-state index in [1.807, 2.05) is 13.8 Å². The van der Waals surface area contributed by atoms with E-state index in [0.717, 1.165) is 0 Å². The maximum Gasteiger partial charge on any atom is 0.335 e. The summed E-state index contributed by atoms with van der Waals surface area (Å²) in [5.41, 5.74) is -0.545. The van der Waals surface area contributed by atoms with Crippen LogP contribution in [0.2, 0.25) is 0 Å². The second-order valence-electron chi connectivity index (χ2n) is 5.27. The highest BCUT2D eigenvalue weighted by molar-refractivity contribution is 5.88. The molecule has 0 amide bonds. The Hall–Kier alpha value is -0.900. The first kappa shape index (κ1) is 16.1. The molecule has 0 aliphatic heterocycles. The number of esters is 1. The fourth-order valence-corrected chi connectivity index (χ4v) is 1.26. The summed E-state index contributed by atoms with van der Waals surface area (Å²) in [4.78, 5) is 23.1. The minimum atomic E-state index is -1.35. The monoisotopic (exact) mass is 244 g/mol. The lowest BCUT2D eigenvalue weighted by Crippen LogP contribution is -2.33. The number of aliphatic hydroxyl groups is 1.